The van der Waals surface area contributed by atoms with Gasteiger partial charge in [0.1, 0.15) is 18.1 Å². The van der Waals surface area contributed by atoms with Crippen molar-refractivity contribution < 1.29 is 38.8 Å². The van der Waals surface area contributed by atoms with E-state index in [-0.39, 0.29) is 60.1 Å². The Kier molecular flexibility index (Phi) is 9.75. The number of cyclic esters (lactones) is 1. The molecule has 9 aliphatic rings. The van der Waals surface area contributed by atoms with Crippen molar-refractivity contribution >= 4 is 23.5 Å². The molecule has 13 nitrogen and oxygen atoms in total. The van der Waals surface area contributed by atoms with Gasteiger partial charge in [-0.1, -0.05) is 38.1 Å². The van der Waals surface area contributed by atoms with E-state index < -0.39 is 23.2 Å². The molecule has 2 saturated carbocycles. The highest BCUT2D eigenvalue weighted by Gasteiger charge is 2.71. The Morgan fingerprint density at radius 2 is 1.71 bits per heavy atom. The lowest BCUT2D eigenvalue weighted by Gasteiger charge is -2.63. The summed E-state index contributed by atoms with van der Waals surface area (Å²) in [6, 6.07) is 7.69. The number of nitrogens with one attached hydrogen (secondary N) is 2. The number of nitrogens with zero attached hydrogens (tertiary/aromatic N) is 3. The number of carbonyl (C=O) groups is 3. The zero-order chi connectivity index (χ0) is 38.1. The van der Waals surface area contributed by atoms with Crippen LogP contribution < -0.4 is 10.6 Å². The summed E-state index contributed by atoms with van der Waals surface area (Å²) < 4.78 is 18.0. The summed E-state index contributed by atoms with van der Waals surface area (Å²) in [5, 5.41) is 28.0. The van der Waals surface area contributed by atoms with Gasteiger partial charge in [-0.25, -0.2) is 4.79 Å². The van der Waals surface area contributed by atoms with Crippen LogP contribution >= 0.6 is 0 Å². The monoisotopic (exact) mass is 759 g/mol. The zero-order valence-electron chi connectivity index (χ0n) is 32.2. The molecular weight excluding hydrogens is 702 g/mol. The predicted octanol–water partition coefficient (Wildman–Crippen LogP) is 1.55. The number of fused-ring (bicyclic) bond motifs is 1. The summed E-state index contributed by atoms with van der Waals surface area (Å²) in [5.74, 6) is -0.0686. The van der Waals surface area contributed by atoms with Gasteiger partial charge in [0, 0.05) is 86.6 Å². The molecule has 6 saturated heterocycles. The van der Waals surface area contributed by atoms with E-state index in [1.54, 1.807) is 0 Å². The molecule has 1 spiro atoms. The topological polar surface area (TPSA) is 156 Å². The van der Waals surface area contributed by atoms with Gasteiger partial charge in [-0.2, -0.15) is 0 Å². The lowest BCUT2D eigenvalue weighted by atomic mass is 9.44. The van der Waals surface area contributed by atoms with Crippen LogP contribution in [0.15, 0.2) is 48.1 Å². The van der Waals surface area contributed by atoms with Crippen LogP contribution in [-0.4, -0.2) is 145 Å². The number of rotatable bonds is 10. The van der Waals surface area contributed by atoms with Gasteiger partial charge < -0.3 is 35.1 Å². The molecule has 10 rings (SSSR count). The summed E-state index contributed by atoms with van der Waals surface area (Å²) in [6.07, 6.45) is 7.46. The number of amides is 2. The van der Waals surface area contributed by atoms with Gasteiger partial charge in [-0.3, -0.25) is 24.3 Å². The van der Waals surface area contributed by atoms with Crippen LogP contribution in [0.1, 0.15) is 45.1 Å². The number of hydrogen-bond acceptors (Lipinski definition) is 11. The average Bonchev–Trinajstić information content (AvgIpc) is 3.86. The van der Waals surface area contributed by atoms with E-state index in [1.807, 2.05) is 43.3 Å². The van der Waals surface area contributed by atoms with E-state index in [2.05, 4.69) is 38.3 Å². The van der Waals surface area contributed by atoms with Gasteiger partial charge in [-0.15, -0.1) is 0 Å². The molecule has 2 amide bonds. The molecule has 1 aromatic carbocycles. The molecule has 0 radical (unpaired) electrons. The van der Waals surface area contributed by atoms with E-state index >= 15 is 0 Å². The van der Waals surface area contributed by atoms with Crippen LogP contribution in [0.2, 0.25) is 0 Å². The highest BCUT2D eigenvalue weighted by atomic mass is 16.6. The van der Waals surface area contributed by atoms with E-state index in [9.17, 15) is 24.6 Å². The van der Waals surface area contributed by atoms with Crippen molar-refractivity contribution in [2.24, 2.45) is 34.5 Å². The second kappa shape index (κ2) is 14.3. The lowest BCUT2D eigenvalue weighted by Crippen LogP contribution is -2.71. The number of anilines is 1. The number of aliphatic hydroxyl groups is 2. The van der Waals surface area contributed by atoms with Crippen LogP contribution in [0.5, 0.6) is 0 Å². The third-order valence-corrected chi connectivity index (χ3v) is 14.9. The molecule has 5 unspecified atom stereocenters. The smallest absolute Gasteiger partial charge is 0.338 e. The van der Waals surface area contributed by atoms with Crippen molar-refractivity contribution in [2.45, 2.75) is 75.8 Å². The molecule has 1 aromatic rings. The molecule has 4 bridgehead atoms. The number of morpholine rings is 1. The van der Waals surface area contributed by atoms with Gasteiger partial charge in [0.15, 0.2) is 0 Å². The summed E-state index contributed by atoms with van der Waals surface area (Å²) >= 11 is 0. The molecule has 298 valence electrons. The van der Waals surface area contributed by atoms with E-state index in [4.69, 9.17) is 14.2 Å². The fraction of sp³-hybridized carbons (Fsp3) is 0.690. The van der Waals surface area contributed by atoms with Crippen molar-refractivity contribution in [3.05, 3.63) is 53.6 Å². The quantitative estimate of drug-likeness (QED) is 0.156. The van der Waals surface area contributed by atoms with Crippen LogP contribution in [0.4, 0.5) is 5.69 Å². The molecule has 8 fully saturated rings. The first-order valence-electron chi connectivity index (χ1n) is 20.5. The number of aliphatic hydroxyl groups excluding tert-OH is 2. The number of piperidine rings is 2. The molecular formula is C42H57N5O8. The summed E-state index contributed by atoms with van der Waals surface area (Å²) in [5.41, 5.74) is 0.788. The van der Waals surface area contributed by atoms with E-state index in [1.165, 1.54) is 0 Å². The largest absolute Gasteiger partial charge is 0.454 e. The summed E-state index contributed by atoms with van der Waals surface area (Å²) in [4.78, 5) is 46.2. The van der Waals surface area contributed by atoms with Crippen molar-refractivity contribution in [3.63, 3.8) is 0 Å². The second-order valence-corrected chi connectivity index (χ2v) is 18.3. The maximum absolute atomic E-state index is 13.2. The SMILES string of the molecule is C[C@]12CC[C@@H](O)[C@@](C)(CO)C1CC(N1CCOCC1)C1(CO1)C2C=CC1=CC(Cc2ccc(NC(=O)CC(=O)NC3C4CN5CC3CN(C4)C5)cc2)OC1=O. The minimum absolute atomic E-state index is 0.0274. The first kappa shape index (κ1) is 37.4. The summed E-state index contributed by atoms with van der Waals surface area (Å²) in [7, 11) is 0. The van der Waals surface area contributed by atoms with Crippen molar-refractivity contribution in [1.82, 2.24) is 20.0 Å². The molecule has 2 aliphatic carbocycles. The average molecular weight is 760 g/mol. The van der Waals surface area contributed by atoms with Crippen LogP contribution in [0.3, 0.4) is 0 Å². The Balaban J connectivity index is 0.837. The summed E-state index contributed by atoms with van der Waals surface area (Å²) in [6.45, 7) is 12.9. The van der Waals surface area contributed by atoms with E-state index in [0.717, 1.165) is 64.3 Å². The number of benzene rings is 1. The Bertz CT molecular complexity index is 1700. The first-order valence-corrected chi connectivity index (χ1v) is 20.5. The third-order valence-electron chi connectivity index (χ3n) is 14.9. The van der Waals surface area contributed by atoms with Crippen LogP contribution in [0, 0.1) is 34.5 Å². The molecule has 7 aliphatic heterocycles. The Hall–Kier alpha value is -3.17. The number of hydrogen-bond donors (Lipinski definition) is 4. The van der Waals surface area contributed by atoms with Gasteiger partial charge in [0.25, 0.3) is 0 Å². The lowest BCUT2D eigenvalue weighted by molar-refractivity contribution is -0.186. The van der Waals surface area contributed by atoms with Gasteiger partial charge >= 0.3 is 5.97 Å². The maximum Gasteiger partial charge on any atom is 0.338 e. The van der Waals surface area contributed by atoms with E-state index in [0.29, 0.717) is 55.8 Å². The van der Waals surface area contributed by atoms with Crippen LogP contribution in [-0.2, 0) is 35.0 Å². The van der Waals surface area contributed by atoms with Gasteiger partial charge in [0.2, 0.25) is 11.8 Å². The number of carbonyl (C=O) groups excluding carboxylic acids is 3. The second-order valence-electron chi connectivity index (χ2n) is 18.3. The fourth-order valence-electron chi connectivity index (χ4n) is 12.1. The van der Waals surface area contributed by atoms with Crippen molar-refractivity contribution in [1.29, 1.82) is 0 Å². The van der Waals surface area contributed by atoms with Crippen molar-refractivity contribution in [3.8, 4) is 0 Å². The number of ether oxygens (including phenoxy) is 3. The minimum atomic E-state index is -0.644. The number of epoxide rings is 1. The maximum atomic E-state index is 13.2. The standard InChI is InChI=1S/C42H57N5O8/c1-40-10-9-35(49)41(2,23-48)33(40)17-34(47-11-13-53-14-12-47)42(24-54-42)32(40)8-5-27-16-31(55-39(27)52)15-26-3-6-30(7-4-26)43-36(50)18-37(51)44-38-28-19-45-21-29(38)22-46(20-28)25-45/h3-8,16,28-29,31-35,38,48-49H,9-15,17-25H2,1-2H3,(H,43,50)(H,44,51)/t28?,29?,31?,32?,33?,34?,35-,38?,40-,41+,42?/m1/s1. The Morgan fingerprint density at radius 3 is 2.36 bits per heavy atom. The third kappa shape index (κ3) is 6.77. The Labute approximate surface area is 323 Å². The zero-order valence-corrected chi connectivity index (χ0v) is 32.2. The molecule has 4 N–H and O–H groups in total. The minimum Gasteiger partial charge on any atom is -0.454 e. The van der Waals surface area contributed by atoms with Crippen LogP contribution in [0.25, 0.3) is 0 Å². The molecule has 0 aromatic heterocycles. The Morgan fingerprint density at radius 1 is 1.02 bits per heavy atom. The highest BCUT2D eigenvalue weighted by Crippen LogP contribution is 2.66. The normalized spacial score (nSPS) is 43.3. The molecule has 8 atom stereocenters. The van der Waals surface area contributed by atoms with Gasteiger partial charge in [0.05, 0.1) is 44.8 Å². The highest BCUT2D eigenvalue weighted by molar-refractivity contribution is 6.03. The fourth-order valence-corrected chi connectivity index (χ4v) is 12.1. The molecule has 55 heavy (non-hydrogen) atoms. The number of esters is 1. The van der Waals surface area contributed by atoms with Crippen molar-refractivity contribution in [2.75, 3.05) is 77.7 Å². The first-order chi connectivity index (χ1) is 26.5. The molecule has 7 heterocycles. The van der Waals surface area contributed by atoms with Gasteiger partial charge in [-0.05, 0) is 54.4 Å². The predicted molar refractivity (Wildman–Crippen MR) is 202 cm³/mol. The molecule has 13 heteroatoms.